The van der Waals surface area contributed by atoms with Crippen LogP contribution in [0.3, 0.4) is 0 Å². The van der Waals surface area contributed by atoms with E-state index in [-0.39, 0.29) is 45.4 Å². The standard InChI is InChI=1S/C21H17BrCl2F2NO5PS3.Na.H/c22-17-6-12(4-5-16(17)21(25,26)33(28,29)30)10-34-14-2-1-3-15(8-14)35-11-13-7-20(36(27,31)32)19(24)9-18(13)23;;/h1-9H,10-11H2,(H2,27,31,32)(H2,28,29,30);;/q;+1;-1. The van der Waals surface area contributed by atoms with E-state index < -0.39 is 28.8 Å². The van der Waals surface area contributed by atoms with Gasteiger partial charge in [-0.15, -0.1) is 23.5 Å². The Bertz CT molecular complexity index is 1470. The van der Waals surface area contributed by atoms with Gasteiger partial charge in [0.05, 0.1) is 5.02 Å². The van der Waals surface area contributed by atoms with E-state index in [0.717, 1.165) is 15.9 Å². The monoisotopic (exact) mass is 701 g/mol. The molecule has 0 fully saturated rings. The van der Waals surface area contributed by atoms with Crippen LogP contribution in [-0.4, -0.2) is 18.2 Å². The average Bonchev–Trinajstić information content (AvgIpc) is 2.75. The molecule has 0 aliphatic heterocycles. The van der Waals surface area contributed by atoms with Crippen molar-refractivity contribution in [2.24, 2.45) is 5.14 Å². The van der Waals surface area contributed by atoms with Crippen LogP contribution in [0.2, 0.25) is 10.0 Å². The Morgan fingerprint density at radius 3 is 2.14 bits per heavy atom. The summed E-state index contributed by atoms with van der Waals surface area (Å²) in [6, 6.07) is 14.0. The summed E-state index contributed by atoms with van der Waals surface area (Å²) < 4.78 is 62.5. The molecule has 0 bridgehead atoms. The fourth-order valence-electron chi connectivity index (χ4n) is 2.93. The second-order valence-corrected chi connectivity index (χ2v) is 14.3. The summed E-state index contributed by atoms with van der Waals surface area (Å²) in [6.45, 7) is 0. The predicted octanol–water partition coefficient (Wildman–Crippen LogP) is 4.33. The van der Waals surface area contributed by atoms with Crippen molar-refractivity contribution < 1.29 is 62.5 Å². The van der Waals surface area contributed by atoms with Gasteiger partial charge in [0.15, 0.2) is 0 Å². The second kappa shape index (κ2) is 13.3. The van der Waals surface area contributed by atoms with Crippen LogP contribution >= 0.6 is 70.3 Å². The molecule has 4 N–H and O–H groups in total. The zero-order valence-corrected chi connectivity index (χ0v) is 27.3. The van der Waals surface area contributed by atoms with Crippen LogP contribution in [0.15, 0.2) is 73.8 Å². The third-order valence-electron chi connectivity index (χ3n) is 4.74. The van der Waals surface area contributed by atoms with Gasteiger partial charge in [-0.1, -0.05) is 57.3 Å². The number of rotatable bonds is 9. The van der Waals surface area contributed by atoms with Crippen molar-refractivity contribution in [2.45, 2.75) is 31.9 Å². The van der Waals surface area contributed by atoms with Crippen LogP contribution < -0.4 is 34.7 Å². The van der Waals surface area contributed by atoms with E-state index in [1.165, 1.54) is 47.8 Å². The molecule has 0 saturated carbocycles. The number of primary sulfonamides is 1. The van der Waals surface area contributed by atoms with Gasteiger partial charge < -0.3 is 11.2 Å². The number of halogens is 5. The number of benzene rings is 3. The smallest absolute Gasteiger partial charge is 1.00 e. The Morgan fingerprint density at radius 1 is 1.00 bits per heavy atom. The summed E-state index contributed by atoms with van der Waals surface area (Å²) in [7, 11) is -9.67. The van der Waals surface area contributed by atoms with Crippen LogP contribution in [0.4, 0.5) is 8.78 Å². The molecule has 3 aromatic rings. The Morgan fingerprint density at radius 2 is 1.59 bits per heavy atom. The summed E-state index contributed by atoms with van der Waals surface area (Å²) in [6.07, 6.45) is 0. The molecule has 6 nitrogen and oxygen atoms in total. The molecule has 0 aromatic heterocycles. The van der Waals surface area contributed by atoms with Gasteiger partial charge in [0, 0.05) is 36.4 Å². The molecule has 0 aliphatic carbocycles. The van der Waals surface area contributed by atoms with E-state index in [4.69, 9.17) is 38.1 Å². The average molecular weight is 703 g/mol. The molecule has 37 heavy (non-hydrogen) atoms. The second-order valence-electron chi connectivity index (χ2n) is 7.37. The number of hydrogen-bond acceptors (Lipinski definition) is 5. The molecule has 0 unspecified atom stereocenters. The van der Waals surface area contributed by atoms with E-state index in [1.807, 2.05) is 24.3 Å². The summed E-state index contributed by atoms with van der Waals surface area (Å²) >= 11 is 18.0. The first-order valence-electron chi connectivity index (χ1n) is 9.68. The number of sulfonamides is 1. The minimum absolute atomic E-state index is 0. The predicted molar refractivity (Wildman–Crippen MR) is 145 cm³/mol. The SMILES string of the molecule is NS(=O)(=O)c1cc(CSc2cccc(SCc3ccc(C(F)(F)P(=O)(O)O)c(Br)c3)c2)c(Cl)cc1Cl.[H-].[Na+]. The van der Waals surface area contributed by atoms with E-state index in [2.05, 4.69) is 15.9 Å². The fraction of sp³-hybridized carbons (Fsp3) is 0.143. The molecular formula is C21H18BrCl2F2NNaO5PS3. The maximum absolute atomic E-state index is 14.0. The zero-order valence-electron chi connectivity index (χ0n) is 19.9. The fourth-order valence-corrected chi connectivity index (χ4v) is 7.68. The summed E-state index contributed by atoms with van der Waals surface area (Å²) in [5, 5.41) is 5.46. The van der Waals surface area contributed by atoms with Crippen LogP contribution in [0.1, 0.15) is 18.1 Å². The van der Waals surface area contributed by atoms with Crippen molar-refractivity contribution in [3.8, 4) is 0 Å². The van der Waals surface area contributed by atoms with Crippen molar-refractivity contribution >= 4 is 80.3 Å². The van der Waals surface area contributed by atoms with Crippen molar-refractivity contribution in [2.75, 3.05) is 0 Å². The molecule has 196 valence electrons. The first-order valence-corrected chi connectivity index (χ1v) is 16.4. The summed E-state index contributed by atoms with van der Waals surface area (Å²) in [4.78, 5) is 19.5. The van der Waals surface area contributed by atoms with Gasteiger partial charge in [-0.3, -0.25) is 4.57 Å². The quantitative estimate of drug-likeness (QED) is 0.173. The first-order chi connectivity index (χ1) is 16.6. The van der Waals surface area contributed by atoms with E-state index in [0.29, 0.717) is 27.7 Å². The van der Waals surface area contributed by atoms with Gasteiger partial charge in [-0.25, -0.2) is 13.6 Å². The van der Waals surface area contributed by atoms with Crippen LogP contribution in [-0.2, 0) is 31.8 Å². The molecule has 0 aliphatic rings. The topological polar surface area (TPSA) is 118 Å². The third-order valence-corrected chi connectivity index (χ3v) is 10.2. The number of alkyl halides is 2. The summed E-state index contributed by atoms with van der Waals surface area (Å²) in [5.41, 5.74) is -3.87. The van der Waals surface area contributed by atoms with Crippen LogP contribution in [0.25, 0.3) is 0 Å². The van der Waals surface area contributed by atoms with E-state index >= 15 is 0 Å². The Kier molecular flexibility index (Phi) is 12.1. The molecule has 0 heterocycles. The molecule has 0 spiro atoms. The zero-order chi connectivity index (χ0) is 26.9. The minimum atomic E-state index is -5.67. The van der Waals surface area contributed by atoms with Gasteiger partial charge in [0.1, 0.15) is 4.90 Å². The third kappa shape index (κ3) is 8.66. The molecule has 0 saturated heterocycles. The molecule has 16 heteroatoms. The molecule has 3 aromatic carbocycles. The van der Waals surface area contributed by atoms with Gasteiger partial charge in [0.25, 0.3) is 0 Å². The maximum Gasteiger partial charge on any atom is 1.00 e. The summed E-state index contributed by atoms with van der Waals surface area (Å²) in [5.74, 6) is 0.768. The van der Waals surface area contributed by atoms with Gasteiger partial charge >= 0.3 is 42.8 Å². The van der Waals surface area contributed by atoms with Crippen molar-refractivity contribution in [3.05, 3.63) is 85.8 Å². The van der Waals surface area contributed by atoms with E-state index in [1.54, 1.807) is 0 Å². The normalized spacial score (nSPS) is 12.3. The molecule has 0 radical (unpaired) electrons. The van der Waals surface area contributed by atoms with Crippen LogP contribution in [0, 0.1) is 0 Å². The maximum atomic E-state index is 14.0. The van der Waals surface area contributed by atoms with Gasteiger partial charge in [-0.05, 0) is 47.5 Å². The molecule has 3 rings (SSSR count). The molecule has 0 atom stereocenters. The van der Waals surface area contributed by atoms with Gasteiger partial charge in [0.2, 0.25) is 10.0 Å². The molecule has 0 amide bonds. The Hall–Kier alpha value is 0.340. The van der Waals surface area contributed by atoms with Gasteiger partial charge in [-0.2, -0.15) is 8.78 Å². The number of hydrogen-bond donors (Lipinski definition) is 3. The van der Waals surface area contributed by atoms with Crippen LogP contribution in [0.5, 0.6) is 0 Å². The number of nitrogens with two attached hydrogens (primary N) is 1. The largest absolute Gasteiger partial charge is 1.00 e. The number of thioether (sulfide) groups is 2. The Labute approximate surface area is 263 Å². The van der Waals surface area contributed by atoms with Crippen molar-refractivity contribution in [1.29, 1.82) is 0 Å². The molecular weight excluding hydrogens is 685 g/mol. The minimum Gasteiger partial charge on any atom is -1.00 e. The first kappa shape index (κ1) is 33.5. The van der Waals surface area contributed by atoms with E-state index in [9.17, 15) is 21.8 Å². The van der Waals surface area contributed by atoms with Crippen molar-refractivity contribution in [3.63, 3.8) is 0 Å². The van der Waals surface area contributed by atoms with Crippen molar-refractivity contribution in [1.82, 2.24) is 0 Å². The Balaban J connectivity index is 0.00000361.